The number of aryl methyl sites for hydroxylation is 2. The molecule has 0 radical (unpaired) electrons. The number of hydrogen-bond acceptors (Lipinski definition) is 3. The van der Waals surface area contributed by atoms with Crippen molar-refractivity contribution in [3.8, 4) is 0 Å². The normalized spacial score (nSPS) is 24.9. The molecule has 2 aliphatic rings. The van der Waals surface area contributed by atoms with Crippen molar-refractivity contribution in [1.82, 2.24) is 14.7 Å². The summed E-state index contributed by atoms with van der Waals surface area (Å²) in [4.78, 5) is 17.3. The molecule has 0 unspecified atom stereocenters. The third-order valence-electron chi connectivity index (χ3n) is 5.94. The van der Waals surface area contributed by atoms with Crippen molar-refractivity contribution in [2.45, 2.75) is 70.4 Å². The lowest BCUT2D eigenvalue weighted by Gasteiger charge is -2.36. The fourth-order valence-electron chi connectivity index (χ4n) is 4.38. The van der Waals surface area contributed by atoms with Crippen LogP contribution >= 0.6 is 0 Å². The summed E-state index contributed by atoms with van der Waals surface area (Å²) in [6.45, 7) is 4.35. The van der Waals surface area contributed by atoms with Crippen LogP contribution in [0.4, 0.5) is 8.78 Å². The van der Waals surface area contributed by atoms with Crippen molar-refractivity contribution in [2.24, 2.45) is 5.92 Å². The van der Waals surface area contributed by atoms with Gasteiger partial charge in [-0.3, -0.25) is 4.79 Å². The molecule has 0 saturated heterocycles. The van der Waals surface area contributed by atoms with Crippen LogP contribution in [0.1, 0.15) is 60.3 Å². The minimum atomic E-state index is -2.48. The first-order chi connectivity index (χ1) is 13.3. The molecule has 0 atom stereocenters. The van der Waals surface area contributed by atoms with Crippen molar-refractivity contribution in [3.63, 3.8) is 0 Å². The first-order valence-electron chi connectivity index (χ1n) is 10.1. The second kappa shape index (κ2) is 7.43. The molecular formula is C21H27F2N3O2. The molecule has 2 aromatic rings. The highest BCUT2D eigenvalue weighted by molar-refractivity contribution is 6.00. The van der Waals surface area contributed by atoms with E-state index in [4.69, 9.17) is 4.74 Å². The largest absolute Gasteiger partial charge is 0.378 e. The van der Waals surface area contributed by atoms with E-state index in [2.05, 4.69) is 10.3 Å². The molecule has 0 aromatic carbocycles. The Hall–Kier alpha value is -2.02. The number of amides is 1. The van der Waals surface area contributed by atoms with Gasteiger partial charge >= 0.3 is 0 Å². The fourth-order valence-corrected chi connectivity index (χ4v) is 4.38. The van der Waals surface area contributed by atoms with Crippen LogP contribution in [0.25, 0.3) is 5.65 Å². The van der Waals surface area contributed by atoms with E-state index in [1.54, 1.807) is 0 Å². The van der Waals surface area contributed by atoms with Gasteiger partial charge in [-0.25, -0.2) is 13.8 Å². The molecule has 2 aromatic heterocycles. The SMILES string of the molecule is Cc1cc(C)n2ccc(C(=O)N[C@H]3CC[C@H](OCC4CC(F)(F)C4)CC3)c2n1. The van der Waals surface area contributed by atoms with Crippen LogP contribution in [0.3, 0.4) is 0 Å². The first-order valence-corrected chi connectivity index (χ1v) is 10.1. The molecule has 4 rings (SSSR count). The third-order valence-corrected chi connectivity index (χ3v) is 5.94. The number of ether oxygens (including phenoxy) is 1. The van der Waals surface area contributed by atoms with Gasteiger partial charge in [0.1, 0.15) is 5.65 Å². The molecule has 28 heavy (non-hydrogen) atoms. The van der Waals surface area contributed by atoms with Gasteiger partial charge in [0.25, 0.3) is 5.91 Å². The Kier molecular flexibility index (Phi) is 5.12. The van der Waals surface area contributed by atoms with Gasteiger partial charge in [-0.1, -0.05) is 0 Å². The van der Waals surface area contributed by atoms with Gasteiger partial charge in [-0.05, 0) is 57.6 Å². The molecule has 152 valence electrons. The quantitative estimate of drug-likeness (QED) is 0.836. The summed E-state index contributed by atoms with van der Waals surface area (Å²) >= 11 is 0. The predicted molar refractivity (Wildman–Crippen MR) is 102 cm³/mol. The van der Waals surface area contributed by atoms with Gasteiger partial charge < -0.3 is 14.5 Å². The third kappa shape index (κ3) is 4.04. The molecule has 2 fully saturated rings. The van der Waals surface area contributed by atoms with Gasteiger partial charge in [0.05, 0.1) is 18.3 Å². The van der Waals surface area contributed by atoms with E-state index < -0.39 is 5.92 Å². The van der Waals surface area contributed by atoms with E-state index in [1.807, 2.05) is 36.6 Å². The molecular weight excluding hydrogens is 364 g/mol. The maximum absolute atomic E-state index is 12.9. The molecule has 2 heterocycles. The van der Waals surface area contributed by atoms with E-state index in [0.29, 0.717) is 17.8 Å². The number of nitrogens with zero attached hydrogens (tertiary/aromatic N) is 2. The summed E-state index contributed by atoms with van der Waals surface area (Å²) in [5.41, 5.74) is 3.21. The lowest BCUT2D eigenvalue weighted by Crippen LogP contribution is -2.41. The van der Waals surface area contributed by atoms with Gasteiger partial charge in [-0.15, -0.1) is 0 Å². The second-order valence-electron chi connectivity index (χ2n) is 8.37. The van der Waals surface area contributed by atoms with E-state index in [9.17, 15) is 13.6 Å². The Bertz CT molecular complexity index is 864. The molecule has 1 N–H and O–H groups in total. The highest BCUT2D eigenvalue weighted by atomic mass is 19.3. The topological polar surface area (TPSA) is 55.6 Å². The second-order valence-corrected chi connectivity index (χ2v) is 8.37. The van der Waals surface area contributed by atoms with Crippen molar-refractivity contribution < 1.29 is 18.3 Å². The number of carbonyl (C=O) groups is 1. The van der Waals surface area contributed by atoms with Gasteiger partial charge in [0.2, 0.25) is 5.92 Å². The van der Waals surface area contributed by atoms with Crippen molar-refractivity contribution in [2.75, 3.05) is 6.61 Å². The number of nitrogens with one attached hydrogen (secondary N) is 1. The Balaban J connectivity index is 1.27. The molecule has 2 aliphatic carbocycles. The minimum Gasteiger partial charge on any atom is -0.378 e. The summed E-state index contributed by atoms with van der Waals surface area (Å²) in [5, 5.41) is 3.12. The van der Waals surface area contributed by atoms with Crippen LogP contribution in [0.5, 0.6) is 0 Å². The number of fused-ring (bicyclic) bond motifs is 1. The Morgan fingerprint density at radius 1 is 1.29 bits per heavy atom. The average Bonchev–Trinajstić information content (AvgIpc) is 3.03. The smallest absolute Gasteiger partial charge is 0.255 e. The van der Waals surface area contributed by atoms with Gasteiger partial charge in [0.15, 0.2) is 0 Å². The van der Waals surface area contributed by atoms with Crippen LogP contribution in [0.2, 0.25) is 0 Å². The number of halogens is 2. The number of hydrogen-bond donors (Lipinski definition) is 1. The van der Waals surface area contributed by atoms with Gasteiger partial charge in [0, 0.05) is 36.5 Å². The zero-order chi connectivity index (χ0) is 19.9. The molecule has 2 saturated carbocycles. The molecule has 5 nitrogen and oxygen atoms in total. The Morgan fingerprint density at radius 2 is 2.00 bits per heavy atom. The summed E-state index contributed by atoms with van der Waals surface area (Å²) in [6.07, 6.45) is 5.28. The average molecular weight is 391 g/mol. The van der Waals surface area contributed by atoms with Crippen LogP contribution in [-0.2, 0) is 4.74 Å². The van der Waals surface area contributed by atoms with E-state index in [1.165, 1.54) is 0 Å². The van der Waals surface area contributed by atoms with Gasteiger partial charge in [-0.2, -0.15) is 0 Å². The van der Waals surface area contributed by atoms with E-state index in [0.717, 1.165) is 37.1 Å². The minimum absolute atomic E-state index is 0.00467. The number of aromatic nitrogens is 2. The molecule has 7 heteroatoms. The maximum Gasteiger partial charge on any atom is 0.255 e. The van der Waals surface area contributed by atoms with Crippen molar-refractivity contribution >= 4 is 11.6 Å². The fraction of sp³-hybridized carbons (Fsp3) is 0.619. The number of rotatable bonds is 5. The molecule has 0 aliphatic heterocycles. The number of carbonyl (C=O) groups excluding carboxylic acids is 1. The number of alkyl halides is 2. The monoisotopic (exact) mass is 391 g/mol. The van der Waals surface area contributed by atoms with E-state index in [-0.39, 0.29) is 36.8 Å². The highest BCUT2D eigenvalue weighted by Gasteiger charge is 2.45. The molecule has 0 bridgehead atoms. The summed E-state index contributed by atoms with van der Waals surface area (Å²) < 4.78 is 33.5. The Labute approximate surface area is 163 Å². The Morgan fingerprint density at radius 3 is 2.68 bits per heavy atom. The standard InChI is InChI=1S/C21H27F2N3O2/c1-13-9-14(2)26-8-7-18(19(26)24-13)20(27)25-16-3-5-17(6-4-16)28-12-15-10-21(22,23)11-15/h7-9,15-17H,3-6,10-12H2,1-2H3,(H,25,27)/t16-,17-. The lowest BCUT2D eigenvalue weighted by molar-refractivity contribution is -0.137. The summed E-state index contributed by atoms with van der Waals surface area (Å²) in [7, 11) is 0. The zero-order valence-corrected chi connectivity index (χ0v) is 16.4. The molecule has 1 amide bonds. The molecule has 0 spiro atoms. The first kappa shape index (κ1) is 19.3. The van der Waals surface area contributed by atoms with Crippen molar-refractivity contribution in [3.05, 3.63) is 35.3 Å². The van der Waals surface area contributed by atoms with E-state index >= 15 is 0 Å². The van der Waals surface area contributed by atoms with Crippen LogP contribution in [0.15, 0.2) is 18.3 Å². The summed E-state index contributed by atoms with van der Waals surface area (Å²) in [6, 6.07) is 3.91. The summed E-state index contributed by atoms with van der Waals surface area (Å²) in [5.74, 6) is -2.58. The van der Waals surface area contributed by atoms with Crippen LogP contribution in [0, 0.1) is 19.8 Å². The highest BCUT2D eigenvalue weighted by Crippen LogP contribution is 2.42. The lowest BCUT2D eigenvalue weighted by atomic mass is 9.82. The van der Waals surface area contributed by atoms with Crippen molar-refractivity contribution in [1.29, 1.82) is 0 Å². The van der Waals surface area contributed by atoms with Crippen LogP contribution < -0.4 is 5.32 Å². The van der Waals surface area contributed by atoms with Crippen LogP contribution in [-0.4, -0.2) is 40.0 Å². The predicted octanol–water partition coefficient (Wildman–Crippen LogP) is 4.05. The zero-order valence-electron chi connectivity index (χ0n) is 16.4. The maximum atomic E-state index is 12.9.